The normalized spacial score (nSPS) is 12.1. The highest BCUT2D eigenvalue weighted by atomic mass is 32.2. The van der Waals surface area contributed by atoms with Gasteiger partial charge in [-0.1, -0.05) is 18.2 Å². The number of rotatable bonds is 4. The molecular weight excluding hydrogens is 298 g/mol. The van der Waals surface area contributed by atoms with Crippen molar-refractivity contribution in [2.24, 2.45) is 5.73 Å². The summed E-state index contributed by atoms with van der Waals surface area (Å²) in [6.07, 6.45) is 3.34. The van der Waals surface area contributed by atoms with E-state index in [4.69, 9.17) is 15.4 Å². The number of aromatic amines is 1. The molecule has 1 heterocycles. The molecule has 0 spiro atoms. The average molecular weight is 313 g/mol. The second-order valence-electron chi connectivity index (χ2n) is 4.01. The lowest BCUT2D eigenvalue weighted by Crippen LogP contribution is -2.32. The van der Waals surface area contributed by atoms with E-state index in [1.807, 2.05) is 0 Å². The third kappa shape index (κ3) is 6.17. The van der Waals surface area contributed by atoms with Crippen molar-refractivity contribution >= 4 is 16.1 Å². The maximum absolute atomic E-state index is 10.4. The number of nitrogens with zero attached hydrogens (tertiary/aromatic N) is 1. The van der Waals surface area contributed by atoms with Crippen molar-refractivity contribution in [3.05, 3.63) is 48.5 Å². The van der Waals surface area contributed by atoms with E-state index < -0.39 is 22.1 Å². The van der Waals surface area contributed by atoms with E-state index in [1.165, 1.54) is 18.5 Å². The molecule has 0 aliphatic heterocycles. The molecule has 0 aliphatic carbocycles. The Morgan fingerprint density at radius 1 is 1.33 bits per heavy atom. The number of aromatic nitrogens is 2. The molecule has 1 atom stereocenters. The minimum absolute atomic E-state index is 0.0741. The second kappa shape index (κ2) is 7.53. The number of nitrogens with one attached hydrogen (secondary N) is 1. The number of hydrogen-bond acceptors (Lipinski definition) is 5. The van der Waals surface area contributed by atoms with Crippen LogP contribution in [0.15, 0.2) is 47.8 Å². The van der Waals surface area contributed by atoms with E-state index in [1.54, 1.807) is 24.4 Å². The molecule has 8 nitrogen and oxygen atoms in total. The highest BCUT2D eigenvalue weighted by Crippen LogP contribution is 2.05. The first-order valence-electron chi connectivity index (χ1n) is 5.79. The van der Waals surface area contributed by atoms with Gasteiger partial charge in [0.1, 0.15) is 6.04 Å². The van der Waals surface area contributed by atoms with Gasteiger partial charge in [-0.25, -0.2) is 4.98 Å². The largest absolute Gasteiger partial charge is 0.480 e. The number of aliphatic carboxylic acids is 1. The fourth-order valence-electron chi connectivity index (χ4n) is 1.31. The van der Waals surface area contributed by atoms with Gasteiger partial charge in [-0.15, -0.1) is 0 Å². The number of carboxylic acids is 1. The summed E-state index contributed by atoms with van der Waals surface area (Å²) < 4.78 is 29.2. The Bertz CT molecular complexity index is 655. The maximum Gasteiger partial charge on any atom is 0.320 e. The summed E-state index contributed by atoms with van der Waals surface area (Å²) in [5, 5.41) is 8.42. The Labute approximate surface area is 121 Å². The quantitative estimate of drug-likeness (QED) is 0.593. The molecule has 0 radical (unpaired) electrons. The number of carboxylic acid groups (broad SMARTS) is 1. The van der Waals surface area contributed by atoms with Crippen LogP contribution in [0.25, 0.3) is 0 Å². The summed E-state index contributed by atoms with van der Waals surface area (Å²) in [6, 6.07) is 6.57. The molecule has 9 heteroatoms. The SMILES string of the molecule is NC(Cc1cnc[nH]1)C(=O)O.O=S(=O)(O)c1ccccc1. The van der Waals surface area contributed by atoms with Crippen LogP contribution in [0.5, 0.6) is 0 Å². The molecule has 2 rings (SSSR count). The zero-order chi connectivity index (χ0) is 15.9. The van der Waals surface area contributed by atoms with Crippen LogP contribution in [0.1, 0.15) is 5.69 Å². The number of H-pyrrole nitrogens is 1. The summed E-state index contributed by atoms with van der Waals surface area (Å²) in [7, 11) is -4.00. The van der Waals surface area contributed by atoms with Gasteiger partial charge < -0.3 is 15.8 Å². The van der Waals surface area contributed by atoms with E-state index in [0.717, 1.165) is 5.69 Å². The van der Waals surface area contributed by atoms with E-state index in [-0.39, 0.29) is 11.3 Å². The van der Waals surface area contributed by atoms with Crippen LogP contribution in [0, 0.1) is 0 Å². The number of nitrogens with two attached hydrogens (primary N) is 1. The lowest BCUT2D eigenvalue weighted by atomic mass is 10.2. The minimum atomic E-state index is -4.00. The molecule has 0 fully saturated rings. The predicted molar refractivity (Wildman–Crippen MR) is 74.2 cm³/mol. The van der Waals surface area contributed by atoms with Gasteiger partial charge >= 0.3 is 5.97 Å². The lowest BCUT2D eigenvalue weighted by Gasteiger charge is -2.02. The summed E-state index contributed by atoms with van der Waals surface area (Å²) in [6.45, 7) is 0. The summed E-state index contributed by atoms with van der Waals surface area (Å²) in [5.41, 5.74) is 6.00. The summed E-state index contributed by atoms with van der Waals surface area (Å²) in [5.74, 6) is -1.00. The molecule has 21 heavy (non-hydrogen) atoms. The van der Waals surface area contributed by atoms with Crippen LogP contribution >= 0.6 is 0 Å². The maximum atomic E-state index is 10.4. The van der Waals surface area contributed by atoms with Gasteiger partial charge in [-0.3, -0.25) is 9.35 Å². The van der Waals surface area contributed by atoms with Gasteiger partial charge in [0.05, 0.1) is 11.2 Å². The molecule has 0 bridgehead atoms. The van der Waals surface area contributed by atoms with Crippen molar-refractivity contribution in [3.63, 3.8) is 0 Å². The molecule has 2 aromatic rings. The Hall–Kier alpha value is -2.23. The van der Waals surface area contributed by atoms with Crippen LogP contribution in [-0.2, 0) is 21.3 Å². The molecule has 0 saturated heterocycles. The number of benzene rings is 1. The first kappa shape index (κ1) is 16.8. The average Bonchev–Trinajstić information content (AvgIpc) is 2.92. The van der Waals surface area contributed by atoms with E-state index in [9.17, 15) is 13.2 Å². The van der Waals surface area contributed by atoms with Crippen LogP contribution in [0.3, 0.4) is 0 Å². The summed E-state index contributed by atoms with van der Waals surface area (Å²) in [4.78, 5) is 16.7. The third-order valence-corrected chi connectivity index (χ3v) is 3.22. The molecule has 114 valence electrons. The predicted octanol–water partition coefficient (Wildman–Crippen LogP) is 0.297. The number of imidazole rings is 1. The monoisotopic (exact) mass is 313 g/mol. The molecule has 5 N–H and O–H groups in total. The molecule has 1 aromatic carbocycles. The van der Waals surface area contributed by atoms with Crippen molar-refractivity contribution < 1.29 is 22.9 Å². The molecule has 0 amide bonds. The Morgan fingerprint density at radius 2 is 1.95 bits per heavy atom. The zero-order valence-corrected chi connectivity index (χ0v) is 11.7. The van der Waals surface area contributed by atoms with Crippen LogP contribution in [0.2, 0.25) is 0 Å². The molecule has 0 aliphatic rings. The van der Waals surface area contributed by atoms with Gasteiger partial charge in [-0.05, 0) is 12.1 Å². The first-order chi connectivity index (χ1) is 9.80. The third-order valence-electron chi connectivity index (χ3n) is 2.35. The second-order valence-corrected chi connectivity index (χ2v) is 5.44. The lowest BCUT2D eigenvalue weighted by molar-refractivity contribution is -0.138. The highest BCUT2D eigenvalue weighted by Gasteiger charge is 2.12. The van der Waals surface area contributed by atoms with Crippen LogP contribution in [0.4, 0.5) is 0 Å². The van der Waals surface area contributed by atoms with Crippen LogP contribution in [-0.4, -0.2) is 40.1 Å². The van der Waals surface area contributed by atoms with Crippen molar-refractivity contribution in [1.29, 1.82) is 0 Å². The van der Waals surface area contributed by atoms with Gasteiger partial charge in [0.15, 0.2) is 0 Å². The molecule has 0 saturated carbocycles. The minimum Gasteiger partial charge on any atom is -0.480 e. The zero-order valence-electron chi connectivity index (χ0n) is 10.9. The Kier molecular flexibility index (Phi) is 6.03. The van der Waals surface area contributed by atoms with Crippen molar-refractivity contribution in [2.45, 2.75) is 17.4 Å². The van der Waals surface area contributed by atoms with Gasteiger partial charge in [0, 0.05) is 18.3 Å². The fourth-order valence-corrected chi connectivity index (χ4v) is 1.81. The fraction of sp³-hybridized carbons (Fsp3) is 0.167. The van der Waals surface area contributed by atoms with Gasteiger partial charge in [0.25, 0.3) is 10.1 Å². The molecule has 1 unspecified atom stereocenters. The van der Waals surface area contributed by atoms with Crippen LogP contribution < -0.4 is 5.73 Å². The van der Waals surface area contributed by atoms with Gasteiger partial charge in [0.2, 0.25) is 0 Å². The van der Waals surface area contributed by atoms with Crippen molar-refractivity contribution in [2.75, 3.05) is 0 Å². The first-order valence-corrected chi connectivity index (χ1v) is 7.23. The summed E-state index contributed by atoms with van der Waals surface area (Å²) >= 11 is 0. The van der Waals surface area contributed by atoms with E-state index >= 15 is 0 Å². The molecular formula is C12H15N3O5S. The standard InChI is InChI=1S/C6H9N3O2.C6H6O3S/c7-5(6(10)11)1-4-2-8-3-9-4;7-10(8,9)6-4-2-1-3-5-6/h2-3,5H,1,7H2,(H,8,9)(H,10,11);1-5H,(H,7,8,9). The number of hydrogen-bond donors (Lipinski definition) is 4. The smallest absolute Gasteiger partial charge is 0.320 e. The Morgan fingerprint density at radius 3 is 2.33 bits per heavy atom. The Balaban J connectivity index is 0.000000211. The topological polar surface area (TPSA) is 146 Å². The molecule has 1 aromatic heterocycles. The number of carbonyl (C=O) groups is 1. The van der Waals surface area contributed by atoms with Gasteiger partial charge in [-0.2, -0.15) is 8.42 Å². The van der Waals surface area contributed by atoms with E-state index in [0.29, 0.717) is 0 Å². The highest BCUT2D eigenvalue weighted by molar-refractivity contribution is 7.85. The van der Waals surface area contributed by atoms with Crippen molar-refractivity contribution in [1.82, 2.24) is 9.97 Å². The van der Waals surface area contributed by atoms with Crippen molar-refractivity contribution in [3.8, 4) is 0 Å². The van der Waals surface area contributed by atoms with E-state index in [2.05, 4.69) is 9.97 Å².